The monoisotopic (exact) mass is 316 g/mol. The van der Waals surface area contributed by atoms with Crippen LogP contribution in [0.4, 0.5) is 0 Å². The molecule has 0 unspecified atom stereocenters. The Morgan fingerprint density at radius 2 is 2.23 bits per heavy atom. The standard InChI is InChI=1S/C17H17ClN2O2/c1-22-14-5-2-4-12(10-14)16-6-3-9-20(16)17(21)15-8-7-13(18)11-19-15/h2,4-5,7-8,10-11,16H,3,6,9H2,1H3/t16-/m1/s1. The van der Waals surface area contributed by atoms with Gasteiger partial charge in [0.15, 0.2) is 0 Å². The van der Waals surface area contributed by atoms with E-state index < -0.39 is 0 Å². The van der Waals surface area contributed by atoms with Crippen molar-refractivity contribution in [2.24, 2.45) is 0 Å². The molecule has 1 fully saturated rings. The Morgan fingerprint density at radius 3 is 2.95 bits per heavy atom. The maximum Gasteiger partial charge on any atom is 0.272 e. The van der Waals surface area contributed by atoms with Crippen LogP contribution in [-0.2, 0) is 0 Å². The zero-order chi connectivity index (χ0) is 15.5. The van der Waals surface area contributed by atoms with Crippen LogP contribution in [0.1, 0.15) is 34.9 Å². The first kappa shape index (κ1) is 14.9. The second-order valence-corrected chi connectivity index (χ2v) is 5.73. The maximum atomic E-state index is 12.7. The average molecular weight is 317 g/mol. The van der Waals surface area contributed by atoms with E-state index in [1.807, 2.05) is 29.2 Å². The quantitative estimate of drug-likeness (QED) is 0.866. The molecule has 1 aromatic carbocycles. The van der Waals surface area contributed by atoms with Crippen LogP contribution in [0.5, 0.6) is 5.75 Å². The summed E-state index contributed by atoms with van der Waals surface area (Å²) in [5, 5.41) is 0.530. The molecule has 0 aliphatic carbocycles. The number of amides is 1. The van der Waals surface area contributed by atoms with Crippen molar-refractivity contribution in [3.05, 3.63) is 58.9 Å². The fraction of sp³-hybridized carbons (Fsp3) is 0.294. The molecule has 4 nitrogen and oxygen atoms in total. The van der Waals surface area contributed by atoms with E-state index in [0.717, 1.165) is 30.7 Å². The molecule has 1 aromatic heterocycles. The van der Waals surface area contributed by atoms with Gasteiger partial charge < -0.3 is 9.64 Å². The van der Waals surface area contributed by atoms with E-state index >= 15 is 0 Å². The number of methoxy groups -OCH3 is 1. The molecule has 5 heteroatoms. The van der Waals surface area contributed by atoms with Crippen molar-refractivity contribution in [3.63, 3.8) is 0 Å². The number of benzene rings is 1. The van der Waals surface area contributed by atoms with Gasteiger partial charge >= 0.3 is 0 Å². The van der Waals surface area contributed by atoms with Gasteiger partial charge in [0.25, 0.3) is 5.91 Å². The minimum absolute atomic E-state index is 0.0537. The van der Waals surface area contributed by atoms with Gasteiger partial charge in [-0.1, -0.05) is 23.7 Å². The van der Waals surface area contributed by atoms with Crippen LogP contribution in [0.2, 0.25) is 5.02 Å². The first-order valence-corrected chi connectivity index (χ1v) is 7.63. The summed E-state index contributed by atoms with van der Waals surface area (Å²) in [5.74, 6) is 0.753. The van der Waals surface area contributed by atoms with Crippen LogP contribution in [0.15, 0.2) is 42.6 Å². The lowest BCUT2D eigenvalue weighted by Crippen LogP contribution is -2.31. The molecule has 0 saturated carbocycles. The van der Waals surface area contributed by atoms with Crippen LogP contribution in [0, 0.1) is 0 Å². The van der Waals surface area contributed by atoms with Gasteiger partial charge in [-0.15, -0.1) is 0 Å². The molecule has 114 valence electrons. The minimum Gasteiger partial charge on any atom is -0.497 e. The van der Waals surface area contributed by atoms with Crippen LogP contribution in [-0.4, -0.2) is 29.4 Å². The van der Waals surface area contributed by atoms with Crippen LogP contribution < -0.4 is 4.74 Å². The van der Waals surface area contributed by atoms with Gasteiger partial charge in [0.05, 0.1) is 18.2 Å². The molecular weight excluding hydrogens is 300 g/mol. The fourth-order valence-corrected chi connectivity index (χ4v) is 2.97. The second-order valence-electron chi connectivity index (χ2n) is 5.29. The normalized spacial score (nSPS) is 17.5. The molecule has 0 radical (unpaired) electrons. The molecule has 1 aliphatic rings. The molecule has 1 amide bonds. The third-order valence-electron chi connectivity index (χ3n) is 3.94. The summed E-state index contributed by atoms with van der Waals surface area (Å²) < 4.78 is 5.28. The van der Waals surface area contributed by atoms with E-state index in [9.17, 15) is 4.79 Å². The lowest BCUT2D eigenvalue weighted by molar-refractivity contribution is 0.0729. The summed E-state index contributed by atoms with van der Waals surface area (Å²) in [7, 11) is 1.65. The van der Waals surface area contributed by atoms with Crippen molar-refractivity contribution in [2.75, 3.05) is 13.7 Å². The van der Waals surface area contributed by atoms with Crippen molar-refractivity contribution in [2.45, 2.75) is 18.9 Å². The van der Waals surface area contributed by atoms with Gasteiger partial charge in [0, 0.05) is 12.7 Å². The van der Waals surface area contributed by atoms with E-state index in [-0.39, 0.29) is 11.9 Å². The fourth-order valence-electron chi connectivity index (χ4n) is 2.85. The minimum atomic E-state index is -0.0537. The van der Waals surface area contributed by atoms with E-state index in [2.05, 4.69) is 4.98 Å². The summed E-state index contributed by atoms with van der Waals surface area (Å²) in [5.41, 5.74) is 1.53. The Hall–Kier alpha value is -2.07. The summed E-state index contributed by atoms with van der Waals surface area (Å²) in [4.78, 5) is 18.7. The lowest BCUT2D eigenvalue weighted by atomic mass is 10.0. The van der Waals surface area contributed by atoms with Crippen molar-refractivity contribution < 1.29 is 9.53 Å². The maximum absolute atomic E-state index is 12.7. The Balaban J connectivity index is 1.86. The first-order chi connectivity index (χ1) is 10.7. The summed E-state index contributed by atoms with van der Waals surface area (Å²) in [6.07, 6.45) is 3.44. The van der Waals surface area contributed by atoms with Gasteiger partial charge in [-0.05, 0) is 42.7 Å². The van der Waals surface area contributed by atoms with Crippen molar-refractivity contribution in [3.8, 4) is 5.75 Å². The van der Waals surface area contributed by atoms with E-state index in [4.69, 9.17) is 16.3 Å². The highest BCUT2D eigenvalue weighted by Crippen LogP contribution is 2.34. The predicted molar refractivity (Wildman–Crippen MR) is 85.3 cm³/mol. The molecule has 3 rings (SSSR count). The number of hydrogen-bond donors (Lipinski definition) is 0. The molecule has 1 saturated heterocycles. The number of carbonyl (C=O) groups excluding carboxylic acids is 1. The first-order valence-electron chi connectivity index (χ1n) is 7.25. The largest absolute Gasteiger partial charge is 0.497 e. The van der Waals surface area contributed by atoms with Crippen LogP contribution >= 0.6 is 11.6 Å². The molecule has 22 heavy (non-hydrogen) atoms. The molecule has 2 aromatic rings. The van der Waals surface area contributed by atoms with E-state index in [1.165, 1.54) is 6.20 Å². The number of hydrogen-bond acceptors (Lipinski definition) is 3. The highest BCUT2D eigenvalue weighted by atomic mass is 35.5. The number of ether oxygens (including phenoxy) is 1. The Morgan fingerprint density at radius 1 is 1.36 bits per heavy atom. The predicted octanol–water partition coefficient (Wildman–Crippen LogP) is 3.72. The smallest absolute Gasteiger partial charge is 0.272 e. The number of likely N-dealkylation sites (tertiary alicyclic amines) is 1. The van der Waals surface area contributed by atoms with Gasteiger partial charge in [-0.2, -0.15) is 0 Å². The number of nitrogens with zero attached hydrogens (tertiary/aromatic N) is 2. The summed E-state index contributed by atoms with van der Waals surface area (Å²) in [6, 6.07) is 11.3. The number of halogens is 1. The topological polar surface area (TPSA) is 42.4 Å². The highest BCUT2D eigenvalue weighted by molar-refractivity contribution is 6.30. The molecule has 2 heterocycles. The van der Waals surface area contributed by atoms with Crippen LogP contribution in [0.25, 0.3) is 0 Å². The number of aromatic nitrogens is 1. The molecule has 0 N–H and O–H groups in total. The Labute approximate surface area is 134 Å². The van der Waals surface area contributed by atoms with Crippen molar-refractivity contribution in [1.82, 2.24) is 9.88 Å². The summed E-state index contributed by atoms with van der Waals surface area (Å²) in [6.45, 7) is 0.741. The third kappa shape index (κ3) is 2.92. The van der Waals surface area contributed by atoms with Gasteiger partial charge in [0.2, 0.25) is 0 Å². The zero-order valence-electron chi connectivity index (χ0n) is 12.3. The molecule has 0 bridgehead atoms. The van der Waals surface area contributed by atoms with Gasteiger partial charge in [-0.3, -0.25) is 4.79 Å². The van der Waals surface area contributed by atoms with Crippen LogP contribution in [0.3, 0.4) is 0 Å². The van der Waals surface area contributed by atoms with E-state index in [1.54, 1.807) is 19.2 Å². The van der Waals surface area contributed by atoms with Crippen molar-refractivity contribution >= 4 is 17.5 Å². The second kappa shape index (κ2) is 6.36. The van der Waals surface area contributed by atoms with Gasteiger partial charge in [-0.25, -0.2) is 4.98 Å². The number of pyridine rings is 1. The Kier molecular flexibility index (Phi) is 4.29. The molecule has 1 aliphatic heterocycles. The molecule has 0 spiro atoms. The Bertz CT molecular complexity index is 673. The number of carbonyl (C=O) groups is 1. The average Bonchev–Trinajstić information content (AvgIpc) is 3.04. The molecule has 1 atom stereocenters. The SMILES string of the molecule is COc1cccc([C@H]2CCCN2C(=O)c2ccc(Cl)cn2)c1. The highest BCUT2D eigenvalue weighted by Gasteiger charge is 2.31. The molecular formula is C17H17ClN2O2. The van der Waals surface area contributed by atoms with Crippen molar-refractivity contribution in [1.29, 1.82) is 0 Å². The lowest BCUT2D eigenvalue weighted by Gasteiger charge is -2.25. The zero-order valence-corrected chi connectivity index (χ0v) is 13.1. The summed E-state index contributed by atoms with van der Waals surface area (Å²) >= 11 is 5.83. The third-order valence-corrected chi connectivity index (χ3v) is 4.16. The van der Waals surface area contributed by atoms with E-state index in [0.29, 0.717) is 10.7 Å². The number of rotatable bonds is 3. The van der Waals surface area contributed by atoms with Gasteiger partial charge in [0.1, 0.15) is 11.4 Å².